The van der Waals surface area contributed by atoms with Crippen LogP contribution in [0.2, 0.25) is 0 Å². The molecule has 1 aromatic carbocycles. The summed E-state index contributed by atoms with van der Waals surface area (Å²) in [6, 6.07) is 12.5. The van der Waals surface area contributed by atoms with Gasteiger partial charge in [0, 0.05) is 12.1 Å². The Balaban J connectivity index is 1.85. The zero-order valence-corrected chi connectivity index (χ0v) is 13.7. The largest absolute Gasteiger partial charge is 0.302 e. The van der Waals surface area contributed by atoms with Crippen LogP contribution in [-0.4, -0.2) is 43.0 Å². The van der Waals surface area contributed by atoms with Crippen molar-refractivity contribution in [3.63, 3.8) is 0 Å². The van der Waals surface area contributed by atoms with Gasteiger partial charge in [-0.1, -0.05) is 43.2 Å². The molecule has 21 heavy (non-hydrogen) atoms. The van der Waals surface area contributed by atoms with Crippen molar-refractivity contribution in [1.29, 1.82) is 0 Å². The Morgan fingerprint density at radius 2 is 1.62 bits per heavy atom. The van der Waals surface area contributed by atoms with E-state index in [9.17, 15) is 0 Å². The molecule has 0 unspecified atom stereocenters. The summed E-state index contributed by atoms with van der Waals surface area (Å²) in [5, 5.41) is 0. The number of hydrogen-bond acceptors (Lipinski definition) is 2. The highest BCUT2D eigenvalue weighted by molar-refractivity contribution is 5.20. The molecule has 3 atom stereocenters. The van der Waals surface area contributed by atoms with Crippen LogP contribution in [0, 0.1) is 5.92 Å². The molecule has 0 amide bonds. The molecule has 0 aromatic heterocycles. The fourth-order valence-corrected chi connectivity index (χ4v) is 4.61. The molecular formula is C19H30N2. The fourth-order valence-electron chi connectivity index (χ4n) is 4.61. The van der Waals surface area contributed by atoms with Gasteiger partial charge in [-0.15, -0.1) is 0 Å². The molecule has 0 spiro atoms. The average Bonchev–Trinajstić information content (AvgIpc) is 3.03. The van der Waals surface area contributed by atoms with E-state index >= 15 is 0 Å². The van der Waals surface area contributed by atoms with Crippen LogP contribution < -0.4 is 0 Å². The first kappa shape index (κ1) is 15.1. The summed E-state index contributed by atoms with van der Waals surface area (Å²) >= 11 is 0. The van der Waals surface area contributed by atoms with Gasteiger partial charge in [-0.3, -0.25) is 0 Å². The van der Waals surface area contributed by atoms with E-state index in [0.29, 0.717) is 6.04 Å². The first-order chi connectivity index (χ1) is 10.3. The number of nitrogens with zero attached hydrogens (tertiary/aromatic N) is 2. The van der Waals surface area contributed by atoms with Gasteiger partial charge in [0.1, 0.15) is 0 Å². The minimum absolute atomic E-state index is 0.567. The second kappa shape index (κ2) is 6.93. The number of rotatable bonds is 4. The molecule has 1 saturated heterocycles. The van der Waals surface area contributed by atoms with Crippen molar-refractivity contribution >= 4 is 0 Å². The molecule has 0 bridgehead atoms. The van der Waals surface area contributed by atoms with Crippen molar-refractivity contribution in [2.75, 3.05) is 27.2 Å². The second-order valence-electron chi connectivity index (χ2n) is 7.08. The van der Waals surface area contributed by atoms with Gasteiger partial charge in [0.05, 0.1) is 0 Å². The summed E-state index contributed by atoms with van der Waals surface area (Å²) < 4.78 is 0. The number of benzene rings is 1. The molecule has 2 heteroatoms. The maximum absolute atomic E-state index is 2.79. The molecular weight excluding hydrogens is 256 g/mol. The van der Waals surface area contributed by atoms with Gasteiger partial charge in [-0.2, -0.15) is 0 Å². The Kier molecular flexibility index (Phi) is 4.97. The van der Waals surface area contributed by atoms with Crippen molar-refractivity contribution in [3.05, 3.63) is 35.9 Å². The van der Waals surface area contributed by atoms with Crippen LogP contribution in [0.3, 0.4) is 0 Å². The Hall–Kier alpha value is -0.860. The lowest BCUT2D eigenvalue weighted by Gasteiger charge is -2.44. The van der Waals surface area contributed by atoms with Crippen LogP contribution in [0.1, 0.15) is 50.1 Å². The predicted octanol–water partition coefficient (Wildman–Crippen LogP) is 3.94. The highest BCUT2D eigenvalue weighted by atomic mass is 15.2. The molecule has 1 saturated carbocycles. The van der Waals surface area contributed by atoms with Crippen LogP contribution in [0.25, 0.3) is 0 Å². The molecule has 1 aliphatic heterocycles. The SMILES string of the molecule is CN(C)[C@H](c1ccccc1)[C@@H]1CCCC[C@H]1N1CCCC1. The molecule has 1 heterocycles. The molecule has 1 aliphatic carbocycles. The van der Waals surface area contributed by atoms with Crippen LogP contribution in [0.15, 0.2) is 30.3 Å². The first-order valence-corrected chi connectivity index (χ1v) is 8.73. The van der Waals surface area contributed by atoms with Gasteiger partial charge in [0.2, 0.25) is 0 Å². The summed E-state index contributed by atoms with van der Waals surface area (Å²) in [6.07, 6.45) is 8.43. The summed E-state index contributed by atoms with van der Waals surface area (Å²) in [6.45, 7) is 2.66. The molecule has 2 fully saturated rings. The Bertz CT molecular complexity index is 422. The smallest absolute Gasteiger partial charge is 0.0385 e. The van der Waals surface area contributed by atoms with Gasteiger partial charge >= 0.3 is 0 Å². The Morgan fingerprint density at radius 1 is 0.952 bits per heavy atom. The monoisotopic (exact) mass is 286 g/mol. The van der Waals surface area contributed by atoms with E-state index in [4.69, 9.17) is 0 Å². The minimum atomic E-state index is 0.567. The average molecular weight is 286 g/mol. The first-order valence-electron chi connectivity index (χ1n) is 8.73. The predicted molar refractivity (Wildman–Crippen MR) is 89.4 cm³/mol. The van der Waals surface area contributed by atoms with E-state index in [-0.39, 0.29) is 0 Å². The van der Waals surface area contributed by atoms with E-state index in [1.165, 1.54) is 57.2 Å². The van der Waals surface area contributed by atoms with Crippen molar-refractivity contribution in [2.24, 2.45) is 5.92 Å². The third-order valence-corrected chi connectivity index (χ3v) is 5.49. The molecule has 0 radical (unpaired) electrons. The van der Waals surface area contributed by atoms with E-state index in [1.807, 2.05) is 0 Å². The fraction of sp³-hybridized carbons (Fsp3) is 0.684. The standard InChI is InChI=1S/C19H30N2/c1-20(2)19(16-10-4-3-5-11-16)17-12-6-7-13-18(17)21-14-8-9-15-21/h3-5,10-11,17-19H,6-9,12-15H2,1-2H3/t17-,18-,19-/m1/s1. The lowest BCUT2D eigenvalue weighted by molar-refractivity contribution is 0.0659. The van der Waals surface area contributed by atoms with E-state index in [2.05, 4.69) is 54.2 Å². The van der Waals surface area contributed by atoms with E-state index < -0.39 is 0 Å². The molecule has 2 aliphatic rings. The maximum Gasteiger partial charge on any atom is 0.0385 e. The third-order valence-electron chi connectivity index (χ3n) is 5.49. The maximum atomic E-state index is 2.79. The highest BCUT2D eigenvalue weighted by Gasteiger charge is 2.37. The van der Waals surface area contributed by atoms with Gasteiger partial charge < -0.3 is 9.80 Å². The van der Waals surface area contributed by atoms with Crippen LogP contribution in [-0.2, 0) is 0 Å². The normalized spacial score (nSPS) is 28.9. The van der Waals surface area contributed by atoms with Crippen LogP contribution in [0.4, 0.5) is 0 Å². The molecule has 3 rings (SSSR count). The molecule has 1 aromatic rings. The zero-order chi connectivity index (χ0) is 14.7. The van der Waals surface area contributed by atoms with Gasteiger partial charge in [0.25, 0.3) is 0 Å². The van der Waals surface area contributed by atoms with E-state index in [0.717, 1.165) is 12.0 Å². The minimum Gasteiger partial charge on any atom is -0.302 e. The van der Waals surface area contributed by atoms with Crippen molar-refractivity contribution in [2.45, 2.75) is 50.6 Å². The summed E-state index contributed by atoms with van der Waals surface area (Å²) in [5.74, 6) is 0.786. The molecule has 116 valence electrons. The second-order valence-corrected chi connectivity index (χ2v) is 7.08. The van der Waals surface area contributed by atoms with Crippen LogP contribution >= 0.6 is 0 Å². The number of likely N-dealkylation sites (tertiary alicyclic amines) is 1. The lowest BCUT2D eigenvalue weighted by Crippen LogP contribution is -2.45. The molecule has 2 nitrogen and oxygen atoms in total. The quantitative estimate of drug-likeness (QED) is 0.827. The van der Waals surface area contributed by atoms with Gasteiger partial charge in [-0.25, -0.2) is 0 Å². The summed E-state index contributed by atoms with van der Waals surface area (Å²) in [5.41, 5.74) is 1.50. The Morgan fingerprint density at radius 3 is 2.29 bits per heavy atom. The highest BCUT2D eigenvalue weighted by Crippen LogP contribution is 2.40. The van der Waals surface area contributed by atoms with Crippen molar-refractivity contribution < 1.29 is 0 Å². The van der Waals surface area contributed by atoms with Gasteiger partial charge in [-0.05, 0) is 64.3 Å². The van der Waals surface area contributed by atoms with Crippen molar-refractivity contribution in [1.82, 2.24) is 9.80 Å². The van der Waals surface area contributed by atoms with Gasteiger partial charge in [0.15, 0.2) is 0 Å². The third kappa shape index (κ3) is 3.32. The van der Waals surface area contributed by atoms with E-state index in [1.54, 1.807) is 0 Å². The zero-order valence-electron chi connectivity index (χ0n) is 13.7. The summed E-state index contributed by atoms with van der Waals surface area (Å²) in [4.78, 5) is 5.25. The topological polar surface area (TPSA) is 6.48 Å². The number of hydrogen-bond donors (Lipinski definition) is 0. The molecule has 0 N–H and O–H groups in total. The van der Waals surface area contributed by atoms with Crippen LogP contribution in [0.5, 0.6) is 0 Å². The lowest BCUT2D eigenvalue weighted by atomic mass is 9.76. The van der Waals surface area contributed by atoms with Crippen molar-refractivity contribution in [3.8, 4) is 0 Å². The summed E-state index contributed by atoms with van der Waals surface area (Å²) in [7, 11) is 4.51. The Labute approximate surface area is 130 Å².